The number of nitrogens with zero attached hydrogens (tertiary/aromatic N) is 2. The van der Waals surface area contributed by atoms with Crippen molar-refractivity contribution in [3.8, 4) is 5.75 Å². The molecule has 3 rings (SSSR count). The fourth-order valence-corrected chi connectivity index (χ4v) is 4.36. The third-order valence-corrected chi connectivity index (χ3v) is 6.46. The molecule has 0 spiro atoms. The molecular weight excluding hydrogens is 416 g/mol. The third kappa shape index (κ3) is 4.96. The van der Waals surface area contributed by atoms with Crippen LogP contribution in [-0.4, -0.2) is 59.9 Å². The fourth-order valence-electron chi connectivity index (χ4n) is 4.36. The first-order valence-corrected chi connectivity index (χ1v) is 11.6. The van der Waals surface area contributed by atoms with Gasteiger partial charge in [0.2, 0.25) is 0 Å². The van der Waals surface area contributed by atoms with E-state index < -0.39 is 17.7 Å². The fraction of sp³-hybridized carbons (Fsp3) is 0.407. The summed E-state index contributed by atoms with van der Waals surface area (Å²) in [5, 5.41) is 11.2. The van der Waals surface area contributed by atoms with Crippen LogP contribution in [0.2, 0.25) is 0 Å². The van der Waals surface area contributed by atoms with Crippen LogP contribution in [0.1, 0.15) is 49.1 Å². The molecule has 6 nitrogen and oxygen atoms in total. The van der Waals surface area contributed by atoms with E-state index in [1.54, 1.807) is 30.2 Å². The Bertz CT molecular complexity index is 1040. The van der Waals surface area contributed by atoms with Gasteiger partial charge in [0.1, 0.15) is 11.5 Å². The summed E-state index contributed by atoms with van der Waals surface area (Å²) in [4.78, 5) is 30.1. The monoisotopic (exact) mass is 450 g/mol. The van der Waals surface area contributed by atoms with Gasteiger partial charge >= 0.3 is 0 Å². The Hall–Kier alpha value is -3.12. The molecule has 0 radical (unpaired) electrons. The average molecular weight is 451 g/mol. The normalized spacial score (nSPS) is 17.8. The van der Waals surface area contributed by atoms with Crippen LogP contribution in [0.25, 0.3) is 5.76 Å². The first-order chi connectivity index (χ1) is 15.9. The first kappa shape index (κ1) is 24.5. The molecule has 176 valence electrons. The second kappa shape index (κ2) is 10.7. The summed E-state index contributed by atoms with van der Waals surface area (Å²) in [5.41, 5.74) is 3.45. The summed E-state index contributed by atoms with van der Waals surface area (Å²) < 4.78 is 5.32. The minimum atomic E-state index is -0.648. The van der Waals surface area contributed by atoms with Crippen LogP contribution in [0.15, 0.2) is 48.0 Å². The van der Waals surface area contributed by atoms with E-state index in [2.05, 4.69) is 25.7 Å². The maximum atomic E-state index is 13.2. The Balaban J connectivity index is 2.10. The van der Waals surface area contributed by atoms with Gasteiger partial charge in [-0.1, -0.05) is 45.0 Å². The van der Waals surface area contributed by atoms with Crippen molar-refractivity contribution in [2.75, 3.05) is 33.3 Å². The summed E-state index contributed by atoms with van der Waals surface area (Å²) in [7, 11) is 1.59. The highest BCUT2D eigenvalue weighted by molar-refractivity contribution is 6.46. The summed E-state index contributed by atoms with van der Waals surface area (Å²) in [6, 6.07) is 12.5. The van der Waals surface area contributed by atoms with Crippen molar-refractivity contribution >= 4 is 17.4 Å². The zero-order chi connectivity index (χ0) is 24.1. The number of rotatable bonds is 9. The van der Waals surface area contributed by atoms with Gasteiger partial charge in [0.25, 0.3) is 11.7 Å². The molecule has 6 heteroatoms. The molecule has 2 aromatic rings. The van der Waals surface area contributed by atoms with Crippen molar-refractivity contribution in [1.82, 2.24) is 9.80 Å². The molecule has 1 heterocycles. The van der Waals surface area contributed by atoms with Crippen molar-refractivity contribution in [3.05, 3.63) is 70.3 Å². The highest BCUT2D eigenvalue weighted by atomic mass is 16.5. The van der Waals surface area contributed by atoms with Crippen LogP contribution < -0.4 is 4.74 Å². The number of likely N-dealkylation sites (tertiary alicyclic amines) is 1. The smallest absolute Gasteiger partial charge is 0.295 e. The molecule has 0 aliphatic carbocycles. The molecule has 2 aromatic carbocycles. The number of carbonyl (C=O) groups is 2. The molecule has 33 heavy (non-hydrogen) atoms. The Labute approximate surface area is 196 Å². The lowest BCUT2D eigenvalue weighted by Gasteiger charge is -2.28. The topological polar surface area (TPSA) is 70.1 Å². The number of hydrogen-bond acceptors (Lipinski definition) is 5. The van der Waals surface area contributed by atoms with Crippen molar-refractivity contribution in [2.24, 2.45) is 0 Å². The molecule has 1 aliphatic heterocycles. The van der Waals surface area contributed by atoms with Crippen LogP contribution in [0.4, 0.5) is 0 Å². The number of Topliss-reactive ketones (excluding diaryl/α,β-unsaturated/α-hetero) is 1. The van der Waals surface area contributed by atoms with E-state index in [1.807, 2.05) is 31.2 Å². The van der Waals surface area contributed by atoms with E-state index >= 15 is 0 Å². The van der Waals surface area contributed by atoms with Gasteiger partial charge in [-0.3, -0.25) is 9.59 Å². The van der Waals surface area contributed by atoms with Gasteiger partial charge in [0, 0.05) is 18.7 Å². The second-order valence-electron chi connectivity index (χ2n) is 8.30. The van der Waals surface area contributed by atoms with Crippen LogP contribution in [0.5, 0.6) is 5.75 Å². The van der Waals surface area contributed by atoms with Crippen molar-refractivity contribution in [3.63, 3.8) is 0 Å². The Morgan fingerprint density at radius 3 is 2.27 bits per heavy atom. The molecule has 0 bridgehead atoms. The van der Waals surface area contributed by atoms with Crippen molar-refractivity contribution in [1.29, 1.82) is 0 Å². The van der Waals surface area contributed by atoms with E-state index in [-0.39, 0.29) is 11.3 Å². The van der Waals surface area contributed by atoms with E-state index in [9.17, 15) is 14.7 Å². The van der Waals surface area contributed by atoms with Crippen molar-refractivity contribution in [2.45, 2.75) is 40.2 Å². The van der Waals surface area contributed by atoms with Gasteiger partial charge < -0.3 is 19.6 Å². The number of benzene rings is 2. The van der Waals surface area contributed by atoms with Gasteiger partial charge in [-0.25, -0.2) is 0 Å². The van der Waals surface area contributed by atoms with Gasteiger partial charge in [-0.05, 0) is 61.3 Å². The van der Waals surface area contributed by atoms with Crippen LogP contribution in [0.3, 0.4) is 0 Å². The highest BCUT2D eigenvalue weighted by Gasteiger charge is 2.45. The number of aliphatic hydroxyl groups is 1. The first-order valence-electron chi connectivity index (χ1n) is 11.6. The molecule has 1 unspecified atom stereocenters. The summed E-state index contributed by atoms with van der Waals surface area (Å²) >= 11 is 0. The Morgan fingerprint density at radius 2 is 1.73 bits per heavy atom. The zero-order valence-corrected chi connectivity index (χ0v) is 20.2. The number of carbonyl (C=O) groups excluding carboxylic acids is 2. The predicted molar refractivity (Wildman–Crippen MR) is 130 cm³/mol. The zero-order valence-electron chi connectivity index (χ0n) is 20.2. The van der Waals surface area contributed by atoms with Crippen LogP contribution >= 0.6 is 0 Å². The number of ketones is 1. The van der Waals surface area contributed by atoms with Gasteiger partial charge in [-0.15, -0.1) is 0 Å². The number of hydrogen-bond donors (Lipinski definition) is 1. The lowest BCUT2D eigenvalue weighted by molar-refractivity contribution is -0.140. The minimum absolute atomic E-state index is 0.133. The second-order valence-corrected chi connectivity index (χ2v) is 8.30. The lowest BCUT2D eigenvalue weighted by atomic mass is 9.94. The third-order valence-electron chi connectivity index (χ3n) is 6.46. The number of aryl methyl sites for hydroxylation is 2. The average Bonchev–Trinajstić information content (AvgIpc) is 3.09. The van der Waals surface area contributed by atoms with Gasteiger partial charge in [0.05, 0.1) is 18.7 Å². The minimum Gasteiger partial charge on any atom is -0.507 e. The SMILES string of the molecule is CCc1ccc(C2C(=C(O)c3ccc(OC)c(C)c3)C(=O)C(=O)N2CCN(CC)CC)cc1. The quantitative estimate of drug-likeness (QED) is 0.350. The van der Waals surface area contributed by atoms with Gasteiger partial charge in [0.15, 0.2) is 0 Å². The maximum absolute atomic E-state index is 13.2. The largest absolute Gasteiger partial charge is 0.507 e. The Morgan fingerprint density at radius 1 is 1.06 bits per heavy atom. The van der Waals surface area contributed by atoms with Crippen LogP contribution in [0, 0.1) is 6.92 Å². The highest BCUT2D eigenvalue weighted by Crippen LogP contribution is 2.39. The lowest BCUT2D eigenvalue weighted by Crippen LogP contribution is -2.38. The molecule has 1 fully saturated rings. The van der Waals surface area contributed by atoms with Gasteiger partial charge in [-0.2, -0.15) is 0 Å². The molecule has 1 amide bonds. The molecule has 1 aliphatic rings. The summed E-state index contributed by atoms with van der Waals surface area (Å²) in [6.45, 7) is 10.9. The molecule has 1 atom stereocenters. The molecule has 1 saturated heterocycles. The van der Waals surface area contributed by atoms with E-state index in [1.165, 1.54) is 5.56 Å². The number of amides is 1. The molecule has 0 aromatic heterocycles. The van der Waals surface area contributed by atoms with E-state index in [0.717, 1.165) is 30.6 Å². The predicted octanol–water partition coefficient (Wildman–Crippen LogP) is 4.33. The standard InChI is InChI=1S/C27H34N2O4/c1-6-19-9-11-20(12-10-19)24-23(25(30)21-13-14-22(33-5)18(4)17-21)26(31)27(32)29(24)16-15-28(7-2)8-3/h9-14,17,24,30H,6-8,15-16H2,1-5H3. The molecule has 1 N–H and O–H groups in total. The molecule has 0 saturated carbocycles. The number of methoxy groups -OCH3 is 1. The number of ether oxygens (including phenoxy) is 1. The maximum Gasteiger partial charge on any atom is 0.295 e. The van der Waals surface area contributed by atoms with Crippen molar-refractivity contribution < 1.29 is 19.4 Å². The van der Waals surface area contributed by atoms with Crippen LogP contribution in [-0.2, 0) is 16.0 Å². The van der Waals surface area contributed by atoms with E-state index in [4.69, 9.17) is 4.74 Å². The number of aliphatic hydroxyl groups excluding tert-OH is 1. The Kier molecular flexibility index (Phi) is 7.92. The van der Waals surface area contributed by atoms with E-state index in [0.29, 0.717) is 24.4 Å². The summed E-state index contributed by atoms with van der Waals surface area (Å²) in [5.74, 6) is -0.685. The number of likely N-dealkylation sites (N-methyl/N-ethyl adjacent to an activating group) is 1. The summed E-state index contributed by atoms with van der Waals surface area (Å²) in [6.07, 6.45) is 0.896. The molecular formula is C27H34N2O4.